The number of benzene rings is 2. The molecule has 0 aliphatic carbocycles. The molecule has 37 heavy (non-hydrogen) atoms. The topological polar surface area (TPSA) is 133 Å². The molecule has 1 aliphatic heterocycles. The predicted molar refractivity (Wildman–Crippen MR) is 137 cm³/mol. The summed E-state index contributed by atoms with van der Waals surface area (Å²) in [6, 6.07) is 10.3. The van der Waals surface area contributed by atoms with Crippen LogP contribution in [0.5, 0.6) is 11.5 Å². The first-order valence-corrected chi connectivity index (χ1v) is 12.4. The number of phenols is 1. The van der Waals surface area contributed by atoms with Gasteiger partial charge >= 0.3 is 11.7 Å². The number of fused-ring (bicyclic) bond motifs is 1. The normalized spacial score (nSPS) is 15.2. The summed E-state index contributed by atoms with van der Waals surface area (Å²) in [5, 5.41) is 21.7. The summed E-state index contributed by atoms with van der Waals surface area (Å²) >= 11 is 1.07. The minimum atomic E-state index is -0.867. The van der Waals surface area contributed by atoms with Crippen molar-refractivity contribution >= 4 is 29.1 Å². The maximum absolute atomic E-state index is 13.8. The molecule has 1 atom stereocenters. The van der Waals surface area contributed by atoms with E-state index < -0.39 is 33.9 Å². The maximum Gasteiger partial charge on any atom is 0.338 e. The number of aromatic nitrogens is 1. The quantitative estimate of drug-likeness (QED) is 0.272. The average molecular weight is 524 g/mol. The van der Waals surface area contributed by atoms with Crippen molar-refractivity contribution in [2.75, 3.05) is 13.7 Å². The molecule has 0 unspecified atom stereocenters. The molecule has 1 aromatic heterocycles. The third kappa shape index (κ3) is 4.77. The molecule has 0 saturated carbocycles. The smallest absolute Gasteiger partial charge is 0.338 e. The molecule has 1 aliphatic rings. The molecule has 0 fully saturated rings. The summed E-state index contributed by atoms with van der Waals surface area (Å²) in [4.78, 5) is 42.6. The van der Waals surface area contributed by atoms with Crippen molar-refractivity contribution in [3.05, 3.63) is 94.7 Å². The van der Waals surface area contributed by atoms with Crippen LogP contribution in [0.3, 0.4) is 0 Å². The SMILES string of the molecule is CCCC1=C(C(=O)OCC)[C@@H](c2ccccc2OC)n2c(s/c(=C/c3cccc([N+](=O)[O-])c3O)c2=O)=N1. The van der Waals surface area contributed by atoms with E-state index >= 15 is 0 Å². The number of aromatic hydroxyl groups is 1. The zero-order chi connectivity index (χ0) is 26.7. The molecule has 2 heterocycles. The lowest BCUT2D eigenvalue weighted by molar-refractivity contribution is -0.385. The van der Waals surface area contributed by atoms with Crippen LogP contribution in [0.25, 0.3) is 6.08 Å². The molecule has 2 aromatic carbocycles. The van der Waals surface area contributed by atoms with Crippen LogP contribution in [-0.4, -0.2) is 34.3 Å². The van der Waals surface area contributed by atoms with Crippen LogP contribution in [0, 0.1) is 10.1 Å². The van der Waals surface area contributed by atoms with Crippen molar-refractivity contribution in [3.8, 4) is 11.5 Å². The van der Waals surface area contributed by atoms with E-state index in [9.17, 15) is 24.8 Å². The number of carbonyl (C=O) groups excluding carboxylic acids is 1. The third-order valence-corrected chi connectivity index (χ3v) is 6.84. The summed E-state index contributed by atoms with van der Waals surface area (Å²) in [7, 11) is 1.51. The Labute approximate surface area is 215 Å². The fourth-order valence-corrected chi connectivity index (χ4v) is 5.27. The molecule has 0 saturated heterocycles. The Morgan fingerprint density at radius 2 is 2.00 bits per heavy atom. The van der Waals surface area contributed by atoms with Crippen molar-refractivity contribution in [3.63, 3.8) is 0 Å². The highest BCUT2D eigenvalue weighted by Gasteiger charge is 2.35. The van der Waals surface area contributed by atoms with Gasteiger partial charge in [0.1, 0.15) is 11.8 Å². The number of nitrogens with zero attached hydrogens (tertiary/aromatic N) is 3. The number of allylic oxidation sites excluding steroid dienone is 1. The number of para-hydroxylation sites is 2. The van der Waals surface area contributed by atoms with Crippen LogP contribution in [0.2, 0.25) is 0 Å². The van der Waals surface area contributed by atoms with E-state index in [1.165, 1.54) is 36.0 Å². The second-order valence-corrected chi connectivity index (χ2v) is 9.14. The Morgan fingerprint density at radius 3 is 2.68 bits per heavy atom. The molecule has 3 aromatic rings. The number of esters is 1. The second kappa shape index (κ2) is 10.8. The standard InChI is InChI=1S/C26H25N3O7S/c1-4-9-17-21(25(32)36-5-2)22(16-11-6-7-13-19(16)35-3)28-24(31)20(37-26(28)27-17)14-15-10-8-12-18(23(15)30)29(33)34/h6-8,10-14,22,30H,4-5,9H2,1-3H3/b20-14+/t22-/m1/s1. The van der Waals surface area contributed by atoms with Crippen molar-refractivity contribution in [1.82, 2.24) is 4.57 Å². The largest absolute Gasteiger partial charge is 0.502 e. The van der Waals surface area contributed by atoms with Gasteiger partial charge in [0.25, 0.3) is 5.56 Å². The van der Waals surface area contributed by atoms with Gasteiger partial charge in [-0.2, -0.15) is 0 Å². The van der Waals surface area contributed by atoms with Gasteiger partial charge in [-0.25, -0.2) is 9.79 Å². The van der Waals surface area contributed by atoms with Crippen LogP contribution in [-0.2, 0) is 9.53 Å². The Morgan fingerprint density at radius 1 is 1.24 bits per heavy atom. The Bertz CT molecular complexity index is 1590. The van der Waals surface area contributed by atoms with Crippen LogP contribution < -0.4 is 19.6 Å². The third-order valence-electron chi connectivity index (χ3n) is 5.85. The number of carbonyl (C=O) groups is 1. The molecule has 1 N–H and O–H groups in total. The first-order chi connectivity index (χ1) is 17.8. The molecule has 0 radical (unpaired) electrons. The summed E-state index contributed by atoms with van der Waals surface area (Å²) in [5.74, 6) is -0.632. The van der Waals surface area contributed by atoms with Crippen LogP contribution in [0.4, 0.5) is 5.69 Å². The lowest BCUT2D eigenvalue weighted by Gasteiger charge is -2.26. The molecule has 11 heteroatoms. The number of nitro groups is 1. The number of nitro benzene ring substituents is 1. The second-order valence-electron chi connectivity index (χ2n) is 8.13. The highest BCUT2D eigenvalue weighted by atomic mass is 32.1. The zero-order valence-electron chi connectivity index (χ0n) is 20.5. The molecule has 0 spiro atoms. The van der Waals surface area contributed by atoms with E-state index in [0.717, 1.165) is 11.3 Å². The van der Waals surface area contributed by atoms with Crippen molar-refractivity contribution < 1.29 is 24.3 Å². The molecular formula is C26H25N3O7S. The lowest BCUT2D eigenvalue weighted by Crippen LogP contribution is -2.40. The van der Waals surface area contributed by atoms with Crippen molar-refractivity contribution in [2.24, 2.45) is 4.99 Å². The fraction of sp³-hybridized carbons (Fsp3) is 0.269. The first kappa shape index (κ1) is 25.8. The minimum absolute atomic E-state index is 0.117. The van der Waals surface area contributed by atoms with E-state index in [1.54, 1.807) is 31.2 Å². The van der Waals surface area contributed by atoms with Crippen LogP contribution in [0.15, 0.2) is 63.5 Å². The van der Waals surface area contributed by atoms with Gasteiger partial charge in [-0.3, -0.25) is 19.5 Å². The van der Waals surface area contributed by atoms with Crippen molar-refractivity contribution in [2.45, 2.75) is 32.7 Å². The number of methoxy groups -OCH3 is 1. The van der Waals surface area contributed by atoms with E-state index in [0.29, 0.717) is 34.7 Å². The molecule has 192 valence electrons. The van der Waals surface area contributed by atoms with Gasteiger partial charge in [-0.1, -0.05) is 55.0 Å². The van der Waals surface area contributed by atoms with Crippen LogP contribution in [0.1, 0.15) is 43.9 Å². The Kier molecular flexibility index (Phi) is 7.53. The summed E-state index contributed by atoms with van der Waals surface area (Å²) < 4.78 is 12.5. The Balaban J connectivity index is 2.04. The van der Waals surface area contributed by atoms with Gasteiger partial charge < -0.3 is 14.6 Å². The monoisotopic (exact) mass is 523 g/mol. The highest BCUT2D eigenvalue weighted by Crippen LogP contribution is 2.37. The van der Waals surface area contributed by atoms with Gasteiger partial charge in [0.05, 0.1) is 34.4 Å². The van der Waals surface area contributed by atoms with E-state index in [2.05, 4.69) is 4.99 Å². The molecule has 4 rings (SSSR count). The van der Waals surface area contributed by atoms with E-state index in [-0.39, 0.29) is 22.3 Å². The van der Waals surface area contributed by atoms with Crippen molar-refractivity contribution in [1.29, 1.82) is 0 Å². The lowest BCUT2D eigenvalue weighted by atomic mass is 9.93. The number of hydrogen-bond acceptors (Lipinski definition) is 9. The molecule has 0 bridgehead atoms. The molecule has 10 nitrogen and oxygen atoms in total. The summed E-state index contributed by atoms with van der Waals surface area (Å²) in [5.41, 5.74) is 0.536. The molecular weight excluding hydrogens is 498 g/mol. The van der Waals surface area contributed by atoms with Gasteiger partial charge in [-0.15, -0.1) is 0 Å². The number of rotatable bonds is 8. The molecule has 0 amide bonds. The fourth-order valence-electron chi connectivity index (χ4n) is 4.26. The minimum Gasteiger partial charge on any atom is -0.502 e. The van der Waals surface area contributed by atoms with Gasteiger partial charge in [0.15, 0.2) is 4.80 Å². The maximum atomic E-state index is 13.8. The van der Waals surface area contributed by atoms with Gasteiger partial charge in [-0.05, 0) is 25.5 Å². The van der Waals surface area contributed by atoms with E-state index in [4.69, 9.17) is 9.47 Å². The predicted octanol–water partition coefficient (Wildman–Crippen LogP) is 3.20. The van der Waals surface area contributed by atoms with Gasteiger partial charge in [0.2, 0.25) is 5.75 Å². The number of hydrogen-bond donors (Lipinski definition) is 1. The number of phenolic OH excluding ortho intramolecular Hbond substituents is 1. The van der Waals surface area contributed by atoms with Crippen LogP contribution >= 0.6 is 11.3 Å². The number of thiazole rings is 1. The summed E-state index contributed by atoms with van der Waals surface area (Å²) in [6.07, 6.45) is 2.58. The summed E-state index contributed by atoms with van der Waals surface area (Å²) in [6.45, 7) is 3.82. The average Bonchev–Trinajstić information content (AvgIpc) is 3.19. The number of ether oxygens (including phenoxy) is 2. The highest BCUT2D eigenvalue weighted by molar-refractivity contribution is 7.07. The van der Waals surface area contributed by atoms with Gasteiger partial charge in [0, 0.05) is 17.2 Å². The van der Waals surface area contributed by atoms with E-state index in [1.807, 2.05) is 6.92 Å². The Hall–Kier alpha value is -4.25. The zero-order valence-corrected chi connectivity index (χ0v) is 21.3. The first-order valence-electron chi connectivity index (χ1n) is 11.6.